The summed E-state index contributed by atoms with van der Waals surface area (Å²) >= 11 is 0. The van der Waals surface area contributed by atoms with Crippen LogP contribution in [0.25, 0.3) is 0 Å². The van der Waals surface area contributed by atoms with Crippen LogP contribution in [0.15, 0.2) is 36.7 Å². The molecule has 1 aliphatic heterocycles. The first-order chi connectivity index (χ1) is 16.7. The lowest BCUT2D eigenvalue weighted by Gasteiger charge is -2.28. The fourth-order valence-electron chi connectivity index (χ4n) is 3.48. The van der Waals surface area contributed by atoms with Gasteiger partial charge in [-0.2, -0.15) is 15.4 Å². The predicted octanol–water partition coefficient (Wildman–Crippen LogP) is 1.81. The third-order valence-corrected chi connectivity index (χ3v) is 5.19. The fourth-order valence-corrected chi connectivity index (χ4v) is 3.48. The number of benzene rings is 1. The lowest BCUT2D eigenvalue weighted by molar-refractivity contribution is -0.274. The molecule has 2 aromatic heterocycles. The molecule has 3 aromatic rings. The number of aromatic amines is 1. The average Bonchev–Trinajstić information content (AvgIpc) is 3.29. The Bertz CT molecular complexity index is 1200. The van der Waals surface area contributed by atoms with E-state index in [0.29, 0.717) is 30.8 Å². The van der Waals surface area contributed by atoms with E-state index in [1.165, 1.54) is 30.6 Å². The molecular formula is C21H21F3N8O3. The number of ether oxygens (including phenoxy) is 1. The van der Waals surface area contributed by atoms with Crippen molar-refractivity contribution in [1.82, 2.24) is 35.6 Å². The second kappa shape index (κ2) is 9.95. The van der Waals surface area contributed by atoms with E-state index in [2.05, 4.69) is 40.7 Å². The number of anilines is 1. The first kappa shape index (κ1) is 23.9. The number of carbonyl (C=O) groups excluding carboxylic acids is 2. The molecule has 2 amide bonds. The minimum Gasteiger partial charge on any atom is -0.406 e. The first-order valence-corrected chi connectivity index (χ1v) is 10.6. The maximum absolute atomic E-state index is 12.7. The van der Waals surface area contributed by atoms with Crippen molar-refractivity contribution in [3.8, 4) is 5.75 Å². The van der Waals surface area contributed by atoms with Crippen molar-refractivity contribution in [2.45, 2.75) is 38.8 Å². The number of halogens is 3. The van der Waals surface area contributed by atoms with Gasteiger partial charge in [-0.1, -0.05) is 12.1 Å². The van der Waals surface area contributed by atoms with Crippen molar-refractivity contribution >= 4 is 17.8 Å². The van der Waals surface area contributed by atoms with Crippen molar-refractivity contribution in [1.29, 1.82) is 0 Å². The van der Waals surface area contributed by atoms with Gasteiger partial charge >= 0.3 is 6.36 Å². The zero-order chi connectivity index (χ0) is 25.0. The van der Waals surface area contributed by atoms with Gasteiger partial charge in [0.2, 0.25) is 11.9 Å². The third kappa shape index (κ3) is 6.22. The smallest absolute Gasteiger partial charge is 0.406 e. The summed E-state index contributed by atoms with van der Waals surface area (Å²) in [4.78, 5) is 34.9. The van der Waals surface area contributed by atoms with Gasteiger partial charge in [0.15, 0.2) is 0 Å². The van der Waals surface area contributed by atoms with Crippen molar-refractivity contribution < 1.29 is 27.5 Å². The van der Waals surface area contributed by atoms with Gasteiger partial charge in [-0.25, -0.2) is 9.97 Å². The van der Waals surface area contributed by atoms with Crippen molar-refractivity contribution in [3.05, 3.63) is 59.2 Å². The van der Waals surface area contributed by atoms with Crippen LogP contribution in [0.3, 0.4) is 0 Å². The Morgan fingerprint density at radius 1 is 1.20 bits per heavy atom. The van der Waals surface area contributed by atoms with E-state index >= 15 is 0 Å². The number of fused-ring (bicyclic) bond motifs is 1. The third-order valence-electron chi connectivity index (χ3n) is 5.19. The molecule has 184 valence electrons. The Balaban J connectivity index is 1.29. The molecule has 14 heteroatoms. The van der Waals surface area contributed by atoms with E-state index in [-0.39, 0.29) is 29.7 Å². The van der Waals surface area contributed by atoms with Crippen molar-refractivity contribution in [2.24, 2.45) is 0 Å². The van der Waals surface area contributed by atoms with Gasteiger partial charge < -0.3 is 20.3 Å². The number of amides is 2. The second-order valence-corrected chi connectivity index (χ2v) is 7.77. The Labute approximate surface area is 197 Å². The summed E-state index contributed by atoms with van der Waals surface area (Å²) < 4.78 is 41.0. The summed E-state index contributed by atoms with van der Waals surface area (Å²) in [7, 11) is 0. The number of H-pyrrole nitrogens is 1. The summed E-state index contributed by atoms with van der Waals surface area (Å²) in [5.74, 6) is -0.930. The molecule has 0 saturated heterocycles. The monoisotopic (exact) mass is 490 g/mol. The minimum atomic E-state index is -4.78. The molecule has 0 spiro atoms. The van der Waals surface area contributed by atoms with Crippen LogP contribution in [0.4, 0.5) is 19.1 Å². The molecule has 0 aliphatic carbocycles. The molecule has 0 fully saturated rings. The van der Waals surface area contributed by atoms with Gasteiger partial charge in [0.25, 0.3) is 5.91 Å². The topological polar surface area (TPSA) is 138 Å². The standard InChI is InChI=1S/C21H21F3N8O3/c1-12(19(34)32-6-5-16-17(11-32)30-31-29-16)28-18(33)14-9-26-20(27-10-14)25-8-13-3-2-4-15(7-13)35-21(22,23)24/h2-4,7,9-10,12H,5-6,8,11H2,1H3,(H,28,33)(H,25,26,27)(H,29,30,31). The van der Waals surface area contributed by atoms with Crippen LogP contribution < -0.4 is 15.4 Å². The highest BCUT2D eigenvalue weighted by atomic mass is 19.4. The van der Waals surface area contributed by atoms with E-state index < -0.39 is 18.3 Å². The Hall–Kier alpha value is -4.23. The molecule has 35 heavy (non-hydrogen) atoms. The van der Waals surface area contributed by atoms with Crippen LogP contribution in [-0.4, -0.2) is 61.0 Å². The molecule has 3 N–H and O–H groups in total. The highest BCUT2D eigenvalue weighted by Crippen LogP contribution is 2.23. The van der Waals surface area contributed by atoms with Gasteiger partial charge in [-0.15, -0.1) is 13.2 Å². The van der Waals surface area contributed by atoms with E-state index in [4.69, 9.17) is 0 Å². The zero-order valence-corrected chi connectivity index (χ0v) is 18.5. The van der Waals surface area contributed by atoms with E-state index in [1.54, 1.807) is 17.9 Å². The lowest BCUT2D eigenvalue weighted by Crippen LogP contribution is -2.48. The predicted molar refractivity (Wildman–Crippen MR) is 115 cm³/mol. The molecule has 3 heterocycles. The molecule has 1 aromatic carbocycles. The summed E-state index contributed by atoms with van der Waals surface area (Å²) in [6.07, 6.45) is -1.62. The molecule has 1 aliphatic rings. The van der Waals surface area contributed by atoms with Gasteiger partial charge in [0.1, 0.15) is 17.5 Å². The summed E-state index contributed by atoms with van der Waals surface area (Å²) in [6, 6.07) is 4.71. The highest BCUT2D eigenvalue weighted by molar-refractivity contribution is 5.97. The number of nitrogens with zero attached hydrogens (tertiary/aromatic N) is 5. The fraction of sp³-hybridized carbons (Fsp3) is 0.333. The lowest BCUT2D eigenvalue weighted by atomic mass is 10.1. The SMILES string of the molecule is CC(NC(=O)c1cnc(NCc2cccc(OC(F)(F)F)c2)nc1)C(=O)N1CCc2n[nH]nc2C1. The quantitative estimate of drug-likeness (QED) is 0.456. The molecule has 1 atom stereocenters. The molecule has 11 nitrogen and oxygen atoms in total. The van der Waals surface area contributed by atoms with Gasteiger partial charge in [0, 0.05) is 31.9 Å². The number of aromatic nitrogens is 5. The minimum absolute atomic E-state index is 0.134. The molecule has 1 unspecified atom stereocenters. The van der Waals surface area contributed by atoms with Crippen molar-refractivity contribution in [3.63, 3.8) is 0 Å². The molecular weight excluding hydrogens is 469 g/mol. The van der Waals surface area contributed by atoms with E-state index in [1.807, 2.05) is 0 Å². The Kier molecular flexibility index (Phi) is 6.80. The summed E-state index contributed by atoms with van der Waals surface area (Å²) in [5, 5.41) is 16.1. The molecule has 4 rings (SSSR count). The Morgan fingerprint density at radius 3 is 2.69 bits per heavy atom. The van der Waals surface area contributed by atoms with Gasteiger partial charge in [-0.3, -0.25) is 9.59 Å². The van der Waals surface area contributed by atoms with Crippen LogP contribution in [0.2, 0.25) is 0 Å². The van der Waals surface area contributed by atoms with Crippen LogP contribution in [-0.2, 0) is 24.3 Å². The van der Waals surface area contributed by atoms with Crippen LogP contribution in [0, 0.1) is 0 Å². The Morgan fingerprint density at radius 2 is 1.94 bits per heavy atom. The van der Waals surface area contributed by atoms with E-state index in [0.717, 1.165) is 5.69 Å². The summed E-state index contributed by atoms with van der Waals surface area (Å²) in [6.45, 7) is 2.52. The highest BCUT2D eigenvalue weighted by Gasteiger charge is 2.31. The molecule has 0 radical (unpaired) electrons. The number of nitrogens with one attached hydrogen (secondary N) is 3. The largest absolute Gasteiger partial charge is 0.573 e. The van der Waals surface area contributed by atoms with Gasteiger partial charge in [-0.05, 0) is 24.6 Å². The number of hydrogen-bond acceptors (Lipinski definition) is 8. The van der Waals surface area contributed by atoms with Crippen LogP contribution in [0.5, 0.6) is 5.75 Å². The van der Waals surface area contributed by atoms with E-state index in [9.17, 15) is 22.8 Å². The number of carbonyl (C=O) groups is 2. The van der Waals surface area contributed by atoms with Crippen LogP contribution in [0.1, 0.15) is 34.2 Å². The second-order valence-electron chi connectivity index (χ2n) is 7.77. The number of rotatable bonds is 7. The van der Waals surface area contributed by atoms with Crippen molar-refractivity contribution in [2.75, 3.05) is 11.9 Å². The normalized spacial score (nSPS) is 14.1. The maximum Gasteiger partial charge on any atom is 0.573 e. The first-order valence-electron chi connectivity index (χ1n) is 10.6. The van der Waals surface area contributed by atoms with Crippen LogP contribution >= 0.6 is 0 Å². The average molecular weight is 490 g/mol. The molecule has 0 saturated carbocycles. The maximum atomic E-state index is 12.7. The summed E-state index contributed by atoms with van der Waals surface area (Å²) in [5.41, 5.74) is 2.20. The molecule has 0 bridgehead atoms. The number of hydrogen-bond donors (Lipinski definition) is 3. The zero-order valence-electron chi connectivity index (χ0n) is 18.5. The van der Waals surface area contributed by atoms with Gasteiger partial charge in [0.05, 0.1) is 17.8 Å². The number of alkyl halides is 3.